The van der Waals surface area contributed by atoms with Crippen molar-refractivity contribution in [2.24, 2.45) is 4.40 Å². The largest absolute Gasteiger partial charge is 0.234 e. The molecule has 3 heteroatoms. The molecule has 0 aliphatic heterocycles. The highest BCUT2D eigenvalue weighted by Crippen LogP contribution is 2.16. The number of hydrogen-bond donors (Lipinski definition) is 0. The second-order valence-corrected chi connectivity index (χ2v) is 7.35. The summed E-state index contributed by atoms with van der Waals surface area (Å²) in [7, 11) is -1.19. The highest BCUT2D eigenvalue weighted by molar-refractivity contribution is 7.85. The van der Waals surface area contributed by atoms with Crippen LogP contribution in [-0.4, -0.2) is 15.2 Å². The van der Waals surface area contributed by atoms with Gasteiger partial charge in [-0.2, -0.15) is 4.40 Å². The van der Waals surface area contributed by atoms with E-state index in [1.165, 1.54) is 5.56 Å². The van der Waals surface area contributed by atoms with Crippen molar-refractivity contribution in [3.63, 3.8) is 0 Å². The Kier molecular flexibility index (Phi) is 4.63. The topological polar surface area (TPSA) is 29.4 Å². The van der Waals surface area contributed by atoms with E-state index in [9.17, 15) is 4.21 Å². The lowest BCUT2D eigenvalue weighted by Gasteiger charge is -2.12. The van der Waals surface area contributed by atoms with Gasteiger partial charge in [0.1, 0.15) is 11.0 Å². The van der Waals surface area contributed by atoms with E-state index in [-0.39, 0.29) is 4.75 Å². The van der Waals surface area contributed by atoms with Gasteiger partial charge in [0.05, 0.1) is 4.75 Å². The third-order valence-corrected chi connectivity index (χ3v) is 3.74. The van der Waals surface area contributed by atoms with Crippen molar-refractivity contribution in [3.05, 3.63) is 35.4 Å². The summed E-state index contributed by atoms with van der Waals surface area (Å²) in [6.45, 7) is 10.1. The Hall–Kier alpha value is -0.960. The quantitative estimate of drug-likeness (QED) is 0.753. The second-order valence-electron chi connectivity index (χ2n) is 5.42. The maximum atomic E-state index is 11.8. The average Bonchev–Trinajstić information content (AvgIpc) is 2.25. The molecular weight excluding hydrogens is 230 g/mol. The minimum Gasteiger partial charge on any atom is -0.234 e. The molecule has 0 heterocycles. The fourth-order valence-corrected chi connectivity index (χ4v) is 1.80. The molecule has 0 spiro atoms. The summed E-state index contributed by atoms with van der Waals surface area (Å²) in [5, 5.41) is 0. The fourth-order valence-electron chi connectivity index (χ4n) is 1.27. The highest BCUT2D eigenvalue weighted by atomic mass is 32.2. The Labute approximate surface area is 107 Å². The molecule has 0 N–H and O–H groups in total. The molecule has 0 unspecified atom stereocenters. The van der Waals surface area contributed by atoms with E-state index in [0.29, 0.717) is 5.92 Å². The van der Waals surface area contributed by atoms with Gasteiger partial charge in [-0.3, -0.25) is 0 Å². The average molecular weight is 251 g/mol. The molecule has 0 radical (unpaired) electrons. The Morgan fingerprint density at radius 2 is 1.94 bits per heavy atom. The molecule has 0 aliphatic carbocycles. The van der Waals surface area contributed by atoms with Crippen LogP contribution in [0.25, 0.3) is 0 Å². The van der Waals surface area contributed by atoms with Gasteiger partial charge in [-0.1, -0.05) is 32.0 Å². The smallest absolute Gasteiger partial charge is 0.144 e. The summed E-state index contributed by atoms with van der Waals surface area (Å²) in [6.07, 6.45) is 1.70. The SMILES string of the molecule is CC(C)c1cccc(C=N[S@@](=O)C(C)(C)C)c1. The highest BCUT2D eigenvalue weighted by Gasteiger charge is 2.18. The minimum absolute atomic E-state index is 0.299. The van der Waals surface area contributed by atoms with E-state index in [1.54, 1.807) is 6.21 Å². The first-order valence-corrected chi connectivity index (χ1v) is 6.97. The van der Waals surface area contributed by atoms with Crippen LogP contribution in [0, 0.1) is 0 Å². The van der Waals surface area contributed by atoms with Crippen molar-refractivity contribution in [2.45, 2.75) is 45.3 Å². The number of hydrogen-bond acceptors (Lipinski definition) is 1. The van der Waals surface area contributed by atoms with Crippen LogP contribution in [0.4, 0.5) is 0 Å². The molecule has 1 rings (SSSR count). The molecule has 0 fully saturated rings. The minimum atomic E-state index is -1.19. The molecule has 1 aromatic rings. The van der Waals surface area contributed by atoms with Crippen molar-refractivity contribution in [1.29, 1.82) is 0 Å². The van der Waals surface area contributed by atoms with Gasteiger partial charge in [0.2, 0.25) is 0 Å². The number of benzene rings is 1. The van der Waals surface area contributed by atoms with Crippen LogP contribution in [-0.2, 0) is 11.0 Å². The molecule has 94 valence electrons. The van der Waals surface area contributed by atoms with Crippen LogP contribution >= 0.6 is 0 Å². The summed E-state index contributed by atoms with van der Waals surface area (Å²) in [5.74, 6) is 0.497. The third kappa shape index (κ3) is 4.43. The predicted molar refractivity (Wildman–Crippen MR) is 76.0 cm³/mol. The third-order valence-electron chi connectivity index (χ3n) is 2.40. The van der Waals surface area contributed by atoms with Crippen molar-refractivity contribution in [3.8, 4) is 0 Å². The number of rotatable bonds is 3. The molecule has 0 saturated heterocycles. The van der Waals surface area contributed by atoms with Gasteiger partial charge in [0.25, 0.3) is 0 Å². The lowest BCUT2D eigenvalue weighted by Crippen LogP contribution is -2.19. The van der Waals surface area contributed by atoms with Gasteiger partial charge >= 0.3 is 0 Å². The van der Waals surface area contributed by atoms with Crippen LogP contribution < -0.4 is 0 Å². The van der Waals surface area contributed by atoms with Crippen molar-refractivity contribution in [2.75, 3.05) is 0 Å². The van der Waals surface area contributed by atoms with Crippen LogP contribution in [0.1, 0.15) is 51.7 Å². The molecule has 1 aromatic carbocycles. The van der Waals surface area contributed by atoms with Crippen LogP contribution in [0.15, 0.2) is 28.7 Å². The molecule has 0 bridgehead atoms. The lowest BCUT2D eigenvalue weighted by atomic mass is 10.0. The first-order valence-electron chi connectivity index (χ1n) is 5.86. The van der Waals surface area contributed by atoms with E-state index < -0.39 is 11.0 Å². The molecular formula is C14H21NOS. The van der Waals surface area contributed by atoms with Gasteiger partial charge in [-0.05, 0) is 43.9 Å². The van der Waals surface area contributed by atoms with Crippen molar-refractivity contribution < 1.29 is 4.21 Å². The standard InChI is InChI=1S/C14H21NOS/c1-11(2)13-8-6-7-12(9-13)10-15-17(16)14(3,4)5/h6-11H,1-5H3/t17-/m0/s1. The summed E-state index contributed by atoms with van der Waals surface area (Å²) in [5.41, 5.74) is 2.28. The van der Waals surface area contributed by atoms with E-state index in [2.05, 4.69) is 30.4 Å². The first-order chi connectivity index (χ1) is 7.80. The summed E-state index contributed by atoms with van der Waals surface area (Å²) < 4.78 is 15.6. The van der Waals surface area contributed by atoms with E-state index in [1.807, 2.05) is 32.9 Å². The molecule has 17 heavy (non-hydrogen) atoms. The van der Waals surface area contributed by atoms with Gasteiger partial charge in [-0.15, -0.1) is 0 Å². The predicted octanol–water partition coefficient (Wildman–Crippen LogP) is 3.69. The molecule has 2 nitrogen and oxygen atoms in total. The van der Waals surface area contributed by atoms with Gasteiger partial charge in [-0.25, -0.2) is 4.21 Å². The molecule has 0 aromatic heterocycles. The van der Waals surface area contributed by atoms with Crippen molar-refractivity contribution >= 4 is 17.2 Å². The Morgan fingerprint density at radius 1 is 1.29 bits per heavy atom. The Bertz CT molecular complexity index is 430. The van der Waals surface area contributed by atoms with E-state index in [4.69, 9.17) is 0 Å². The summed E-state index contributed by atoms with van der Waals surface area (Å²) in [6, 6.07) is 8.18. The van der Waals surface area contributed by atoms with Crippen molar-refractivity contribution in [1.82, 2.24) is 0 Å². The Balaban J connectivity index is 2.85. The summed E-state index contributed by atoms with van der Waals surface area (Å²) in [4.78, 5) is 0. The van der Waals surface area contributed by atoms with E-state index in [0.717, 1.165) is 5.56 Å². The lowest BCUT2D eigenvalue weighted by molar-refractivity contribution is 0.651. The number of nitrogens with zero attached hydrogens (tertiary/aromatic N) is 1. The van der Waals surface area contributed by atoms with E-state index >= 15 is 0 Å². The zero-order valence-corrected chi connectivity index (χ0v) is 12.0. The first kappa shape index (κ1) is 14.1. The van der Waals surface area contributed by atoms with Gasteiger partial charge in [0, 0.05) is 6.21 Å². The monoisotopic (exact) mass is 251 g/mol. The molecule has 0 saturated carbocycles. The molecule has 1 atom stereocenters. The summed E-state index contributed by atoms with van der Waals surface area (Å²) >= 11 is 0. The van der Waals surface area contributed by atoms with Crippen LogP contribution in [0.2, 0.25) is 0 Å². The maximum Gasteiger partial charge on any atom is 0.144 e. The Morgan fingerprint density at radius 3 is 2.47 bits per heavy atom. The normalized spacial score (nSPS) is 14.5. The fraction of sp³-hybridized carbons (Fsp3) is 0.500. The van der Waals surface area contributed by atoms with Crippen LogP contribution in [0.3, 0.4) is 0 Å². The van der Waals surface area contributed by atoms with Gasteiger partial charge < -0.3 is 0 Å². The zero-order valence-electron chi connectivity index (χ0n) is 11.2. The second kappa shape index (κ2) is 5.58. The molecule has 0 aliphatic rings. The van der Waals surface area contributed by atoms with Gasteiger partial charge in [0.15, 0.2) is 0 Å². The zero-order chi connectivity index (χ0) is 13.1. The molecule has 0 amide bonds. The van der Waals surface area contributed by atoms with Crippen LogP contribution in [0.5, 0.6) is 0 Å². The maximum absolute atomic E-state index is 11.8.